The number of urea groups is 1. The molecule has 0 spiro atoms. The van der Waals surface area contributed by atoms with E-state index in [0.717, 1.165) is 18.4 Å². The van der Waals surface area contributed by atoms with Gasteiger partial charge in [-0.2, -0.15) is 0 Å². The molecular formula is C19H22N6O3S. The highest BCUT2D eigenvalue weighted by atomic mass is 32.2. The summed E-state index contributed by atoms with van der Waals surface area (Å²) in [5.74, 6) is -0.0619. The minimum absolute atomic E-state index is 0.101. The standard InChI is InChI=1S/C19H22N6O3S/c1-3-24-19(21-22-23-24)29-11-14-15(17(26)28-2)16(12-7-5-4-6-8-12)20-18(27)25(14)13-9-10-13/h4-8,13,16H,3,9-11H2,1-2H3,(H,20,27). The number of esters is 1. The first-order chi connectivity index (χ1) is 14.1. The van der Waals surface area contributed by atoms with Gasteiger partial charge in [0.1, 0.15) is 0 Å². The van der Waals surface area contributed by atoms with Gasteiger partial charge in [0.15, 0.2) is 0 Å². The maximum atomic E-state index is 13.0. The third-order valence-electron chi connectivity index (χ3n) is 4.96. The van der Waals surface area contributed by atoms with Crippen LogP contribution in [0, 0.1) is 0 Å². The lowest BCUT2D eigenvalue weighted by molar-refractivity contribution is -0.136. The topological polar surface area (TPSA) is 102 Å². The average molecular weight is 414 g/mol. The van der Waals surface area contributed by atoms with Crippen molar-refractivity contribution < 1.29 is 14.3 Å². The quantitative estimate of drug-likeness (QED) is 0.547. The molecule has 1 aliphatic heterocycles. The Morgan fingerprint density at radius 1 is 1.31 bits per heavy atom. The molecule has 152 valence electrons. The molecule has 1 unspecified atom stereocenters. The summed E-state index contributed by atoms with van der Waals surface area (Å²) in [4.78, 5) is 27.5. The van der Waals surface area contributed by atoms with Crippen LogP contribution in [0.4, 0.5) is 4.79 Å². The molecule has 0 saturated heterocycles. The largest absolute Gasteiger partial charge is 0.466 e. The lowest BCUT2D eigenvalue weighted by Gasteiger charge is -2.36. The lowest BCUT2D eigenvalue weighted by atomic mass is 9.95. The maximum Gasteiger partial charge on any atom is 0.338 e. The van der Waals surface area contributed by atoms with Gasteiger partial charge in [0.05, 0.1) is 18.7 Å². The Balaban J connectivity index is 1.76. The first kappa shape index (κ1) is 19.4. The van der Waals surface area contributed by atoms with Crippen LogP contribution in [0.15, 0.2) is 46.8 Å². The van der Waals surface area contributed by atoms with E-state index in [9.17, 15) is 9.59 Å². The van der Waals surface area contributed by atoms with Gasteiger partial charge < -0.3 is 10.1 Å². The number of tetrazole rings is 1. The fourth-order valence-electron chi connectivity index (χ4n) is 3.42. The number of benzene rings is 1. The molecule has 4 rings (SSSR count). The van der Waals surface area contributed by atoms with E-state index in [2.05, 4.69) is 20.8 Å². The van der Waals surface area contributed by atoms with E-state index in [1.807, 2.05) is 37.3 Å². The summed E-state index contributed by atoms with van der Waals surface area (Å²) in [5, 5.41) is 15.3. The molecule has 1 atom stereocenters. The molecule has 0 bridgehead atoms. The number of amides is 2. The first-order valence-electron chi connectivity index (χ1n) is 9.49. The first-order valence-corrected chi connectivity index (χ1v) is 10.5. The Morgan fingerprint density at radius 3 is 2.72 bits per heavy atom. The number of carbonyl (C=O) groups is 2. The summed E-state index contributed by atoms with van der Waals surface area (Å²) in [6.45, 7) is 2.59. The Labute approximate surface area is 172 Å². The van der Waals surface area contributed by atoms with Crippen molar-refractivity contribution in [3.8, 4) is 0 Å². The fourth-order valence-corrected chi connectivity index (χ4v) is 4.39. The van der Waals surface area contributed by atoms with Crippen molar-refractivity contribution in [2.24, 2.45) is 0 Å². The number of thioether (sulfide) groups is 1. The normalized spacial score (nSPS) is 19.3. The van der Waals surface area contributed by atoms with Crippen LogP contribution in [-0.2, 0) is 16.1 Å². The minimum Gasteiger partial charge on any atom is -0.466 e. The van der Waals surface area contributed by atoms with Crippen LogP contribution in [0.3, 0.4) is 0 Å². The van der Waals surface area contributed by atoms with Crippen LogP contribution in [-0.4, -0.2) is 56.0 Å². The van der Waals surface area contributed by atoms with Crippen LogP contribution in [0.2, 0.25) is 0 Å². The van der Waals surface area contributed by atoms with E-state index in [1.165, 1.54) is 18.9 Å². The van der Waals surface area contributed by atoms with Crippen LogP contribution in [0.25, 0.3) is 0 Å². The second kappa shape index (κ2) is 8.24. The van der Waals surface area contributed by atoms with Crippen molar-refractivity contribution in [1.82, 2.24) is 30.4 Å². The zero-order chi connectivity index (χ0) is 20.4. The van der Waals surface area contributed by atoms with Gasteiger partial charge in [-0.05, 0) is 35.8 Å². The summed E-state index contributed by atoms with van der Waals surface area (Å²) in [6.07, 6.45) is 1.83. The van der Waals surface area contributed by atoms with Gasteiger partial charge in [-0.15, -0.1) is 5.10 Å². The highest BCUT2D eigenvalue weighted by Crippen LogP contribution is 2.39. The van der Waals surface area contributed by atoms with E-state index in [1.54, 1.807) is 9.58 Å². The number of carbonyl (C=O) groups excluding carboxylic acids is 2. The Kier molecular flexibility index (Phi) is 5.52. The summed E-state index contributed by atoms with van der Waals surface area (Å²) in [5.41, 5.74) is 1.94. The summed E-state index contributed by atoms with van der Waals surface area (Å²) < 4.78 is 6.79. The highest BCUT2D eigenvalue weighted by molar-refractivity contribution is 7.99. The summed E-state index contributed by atoms with van der Waals surface area (Å²) in [6, 6.07) is 8.79. The zero-order valence-corrected chi connectivity index (χ0v) is 17.1. The van der Waals surface area contributed by atoms with Crippen molar-refractivity contribution in [1.29, 1.82) is 0 Å². The number of hydrogen-bond donors (Lipinski definition) is 1. The van der Waals surface area contributed by atoms with Crippen molar-refractivity contribution in [2.75, 3.05) is 12.9 Å². The number of nitrogens with zero attached hydrogens (tertiary/aromatic N) is 5. The van der Waals surface area contributed by atoms with Gasteiger partial charge in [0.25, 0.3) is 0 Å². The SMILES string of the molecule is CCn1nnnc1SCC1=C(C(=O)OC)C(c2ccccc2)NC(=O)N1C1CC1. The smallest absolute Gasteiger partial charge is 0.338 e. The van der Waals surface area contributed by atoms with E-state index >= 15 is 0 Å². The van der Waals surface area contributed by atoms with Crippen LogP contribution in [0.1, 0.15) is 31.4 Å². The van der Waals surface area contributed by atoms with E-state index in [-0.39, 0.29) is 12.1 Å². The molecule has 29 heavy (non-hydrogen) atoms. The molecule has 9 nitrogen and oxygen atoms in total. The molecule has 1 aromatic heterocycles. The fraction of sp³-hybridized carbons (Fsp3) is 0.421. The third kappa shape index (κ3) is 3.84. The summed E-state index contributed by atoms with van der Waals surface area (Å²) >= 11 is 1.40. The molecule has 1 N–H and O–H groups in total. The van der Waals surface area contributed by atoms with Crippen molar-refractivity contribution >= 4 is 23.8 Å². The third-order valence-corrected chi connectivity index (χ3v) is 5.93. The molecule has 1 aromatic carbocycles. The van der Waals surface area contributed by atoms with Crippen LogP contribution >= 0.6 is 11.8 Å². The minimum atomic E-state index is -0.566. The number of aromatic nitrogens is 4. The van der Waals surface area contributed by atoms with Crippen molar-refractivity contribution in [2.45, 2.75) is 43.6 Å². The molecule has 0 radical (unpaired) electrons. The summed E-state index contributed by atoms with van der Waals surface area (Å²) in [7, 11) is 1.36. The second-order valence-corrected chi connectivity index (χ2v) is 7.75. The van der Waals surface area contributed by atoms with Gasteiger partial charge in [-0.25, -0.2) is 14.3 Å². The number of rotatable bonds is 7. The number of nitrogens with one attached hydrogen (secondary N) is 1. The predicted octanol–water partition coefficient (Wildman–Crippen LogP) is 2.14. The van der Waals surface area contributed by atoms with Gasteiger partial charge in [0, 0.05) is 24.0 Å². The molecule has 1 fully saturated rings. The van der Waals surface area contributed by atoms with E-state index < -0.39 is 12.0 Å². The number of aryl methyl sites for hydroxylation is 1. The molecule has 2 heterocycles. The molecule has 10 heteroatoms. The number of ether oxygens (including phenoxy) is 1. The zero-order valence-electron chi connectivity index (χ0n) is 16.2. The van der Waals surface area contributed by atoms with E-state index in [0.29, 0.717) is 28.7 Å². The van der Waals surface area contributed by atoms with Gasteiger partial charge >= 0.3 is 12.0 Å². The van der Waals surface area contributed by atoms with Gasteiger partial charge in [0.2, 0.25) is 5.16 Å². The maximum absolute atomic E-state index is 13.0. The molecule has 2 aromatic rings. The van der Waals surface area contributed by atoms with Crippen molar-refractivity contribution in [3.63, 3.8) is 0 Å². The van der Waals surface area contributed by atoms with Gasteiger partial charge in [-0.1, -0.05) is 42.1 Å². The predicted molar refractivity (Wildman–Crippen MR) is 106 cm³/mol. The molecule has 2 aliphatic rings. The number of methoxy groups -OCH3 is 1. The Hall–Kier alpha value is -2.88. The Bertz CT molecular complexity index is 940. The highest BCUT2D eigenvalue weighted by Gasteiger charge is 2.44. The van der Waals surface area contributed by atoms with Gasteiger partial charge in [-0.3, -0.25) is 4.90 Å². The average Bonchev–Trinajstić information content (AvgIpc) is 3.48. The number of hydrogen-bond acceptors (Lipinski definition) is 7. The van der Waals surface area contributed by atoms with Crippen molar-refractivity contribution in [3.05, 3.63) is 47.2 Å². The Morgan fingerprint density at radius 2 is 2.07 bits per heavy atom. The second-order valence-electron chi connectivity index (χ2n) is 6.81. The van der Waals surface area contributed by atoms with Crippen LogP contribution in [0.5, 0.6) is 0 Å². The monoisotopic (exact) mass is 414 g/mol. The lowest BCUT2D eigenvalue weighted by Crippen LogP contribution is -2.50. The molecule has 1 aliphatic carbocycles. The molecular weight excluding hydrogens is 392 g/mol. The molecule has 1 saturated carbocycles. The van der Waals surface area contributed by atoms with E-state index in [4.69, 9.17) is 4.74 Å². The van der Waals surface area contributed by atoms with Crippen LogP contribution < -0.4 is 5.32 Å². The molecule has 2 amide bonds.